The number of anilines is 1. The Labute approximate surface area is 116 Å². The van der Waals surface area contributed by atoms with Gasteiger partial charge in [0.1, 0.15) is 5.82 Å². The summed E-state index contributed by atoms with van der Waals surface area (Å²) >= 11 is 0. The van der Waals surface area contributed by atoms with Gasteiger partial charge in [0.25, 0.3) is 0 Å². The normalized spacial score (nSPS) is 20.0. The van der Waals surface area contributed by atoms with E-state index in [-0.39, 0.29) is 0 Å². The lowest BCUT2D eigenvalue weighted by Gasteiger charge is -2.33. The minimum atomic E-state index is 0.477. The van der Waals surface area contributed by atoms with E-state index in [1.165, 1.54) is 19.3 Å². The maximum absolute atomic E-state index is 4.74. The average Bonchev–Trinajstić information content (AvgIpc) is 2.45. The molecule has 0 radical (unpaired) electrons. The van der Waals surface area contributed by atoms with E-state index in [1.54, 1.807) is 0 Å². The van der Waals surface area contributed by atoms with Gasteiger partial charge in [-0.25, -0.2) is 4.98 Å². The zero-order chi connectivity index (χ0) is 13.7. The first-order valence-corrected chi connectivity index (χ1v) is 7.48. The Bertz CT molecular complexity index is 391. The Morgan fingerprint density at radius 3 is 3.00 bits per heavy atom. The first-order chi connectivity index (χ1) is 9.19. The molecule has 1 aliphatic heterocycles. The second kappa shape index (κ2) is 6.85. The van der Waals surface area contributed by atoms with E-state index in [0.717, 1.165) is 37.1 Å². The van der Waals surface area contributed by atoms with Crippen LogP contribution in [-0.4, -0.2) is 29.1 Å². The van der Waals surface area contributed by atoms with E-state index in [1.807, 2.05) is 12.4 Å². The Morgan fingerprint density at radius 2 is 2.26 bits per heavy atom. The second-order valence-corrected chi connectivity index (χ2v) is 5.77. The van der Waals surface area contributed by atoms with Crippen LogP contribution >= 0.6 is 0 Å². The summed E-state index contributed by atoms with van der Waals surface area (Å²) in [4.78, 5) is 11.5. The molecular weight excluding hydrogens is 236 g/mol. The minimum absolute atomic E-state index is 0.477. The van der Waals surface area contributed by atoms with E-state index in [2.05, 4.69) is 36.0 Å². The molecule has 1 aromatic rings. The van der Waals surface area contributed by atoms with Gasteiger partial charge in [-0.1, -0.05) is 27.2 Å². The molecule has 1 aliphatic rings. The largest absolute Gasteiger partial charge is 0.355 e. The number of rotatable bonds is 5. The van der Waals surface area contributed by atoms with Crippen molar-refractivity contribution < 1.29 is 0 Å². The molecule has 1 N–H and O–H groups in total. The number of piperidine rings is 1. The van der Waals surface area contributed by atoms with Crippen molar-refractivity contribution in [3.63, 3.8) is 0 Å². The molecular formula is C15H26N4. The van der Waals surface area contributed by atoms with Crippen LogP contribution < -0.4 is 10.2 Å². The van der Waals surface area contributed by atoms with Crippen molar-refractivity contribution in [2.45, 2.75) is 52.6 Å². The lowest BCUT2D eigenvalue weighted by atomic mass is 9.96. The molecule has 1 fully saturated rings. The van der Waals surface area contributed by atoms with Crippen molar-refractivity contribution in [1.82, 2.24) is 15.3 Å². The maximum Gasteiger partial charge on any atom is 0.147 e. The average molecular weight is 262 g/mol. The summed E-state index contributed by atoms with van der Waals surface area (Å²) in [5.74, 6) is 1.86. The number of nitrogens with one attached hydrogen (secondary N) is 1. The Morgan fingerprint density at radius 1 is 1.42 bits per heavy atom. The van der Waals surface area contributed by atoms with Crippen LogP contribution in [0.15, 0.2) is 12.4 Å². The molecule has 0 aromatic carbocycles. The Balaban J connectivity index is 2.01. The van der Waals surface area contributed by atoms with Gasteiger partial charge in [0, 0.05) is 31.9 Å². The fraction of sp³-hybridized carbons (Fsp3) is 0.733. The molecule has 2 heterocycles. The smallest absolute Gasteiger partial charge is 0.147 e. The summed E-state index contributed by atoms with van der Waals surface area (Å²) in [6.45, 7) is 9.62. The maximum atomic E-state index is 4.74. The summed E-state index contributed by atoms with van der Waals surface area (Å²) in [5, 5.41) is 3.39. The molecule has 2 rings (SSSR count). The molecule has 0 saturated carbocycles. The van der Waals surface area contributed by atoms with Gasteiger partial charge in [-0.3, -0.25) is 4.98 Å². The molecule has 19 heavy (non-hydrogen) atoms. The van der Waals surface area contributed by atoms with Gasteiger partial charge in [0.2, 0.25) is 0 Å². The molecule has 4 nitrogen and oxygen atoms in total. The first-order valence-electron chi connectivity index (χ1n) is 7.48. The van der Waals surface area contributed by atoms with Crippen LogP contribution in [0.4, 0.5) is 5.82 Å². The number of hydrogen-bond acceptors (Lipinski definition) is 4. The fourth-order valence-corrected chi connectivity index (χ4v) is 2.55. The molecule has 1 atom stereocenters. The zero-order valence-corrected chi connectivity index (χ0v) is 12.4. The number of hydrogen-bond donors (Lipinski definition) is 1. The standard InChI is InChI=1S/C15H26N4/c1-4-13-6-5-7-19(11-13)15-10-16-8-14(18-15)9-17-12(2)3/h8,10,12-13,17H,4-7,9,11H2,1-3H3. The fourth-order valence-electron chi connectivity index (χ4n) is 2.55. The van der Waals surface area contributed by atoms with Crippen LogP contribution in [-0.2, 0) is 6.54 Å². The molecule has 4 heteroatoms. The van der Waals surface area contributed by atoms with Gasteiger partial charge >= 0.3 is 0 Å². The van der Waals surface area contributed by atoms with Gasteiger partial charge < -0.3 is 10.2 Å². The third-order valence-electron chi connectivity index (χ3n) is 3.78. The molecule has 0 bridgehead atoms. The molecule has 106 valence electrons. The Hall–Kier alpha value is -1.16. The highest BCUT2D eigenvalue weighted by Gasteiger charge is 2.19. The van der Waals surface area contributed by atoms with E-state index in [0.29, 0.717) is 6.04 Å². The van der Waals surface area contributed by atoms with E-state index in [9.17, 15) is 0 Å². The summed E-state index contributed by atoms with van der Waals surface area (Å²) in [7, 11) is 0. The predicted octanol–water partition coefficient (Wildman–Crippen LogP) is 2.60. The molecule has 0 amide bonds. The molecule has 0 aliphatic carbocycles. The summed E-state index contributed by atoms with van der Waals surface area (Å²) in [5.41, 5.74) is 1.03. The van der Waals surface area contributed by atoms with Gasteiger partial charge in [-0.2, -0.15) is 0 Å². The highest BCUT2D eigenvalue weighted by molar-refractivity contribution is 5.37. The number of nitrogens with zero attached hydrogens (tertiary/aromatic N) is 3. The molecule has 0 spiro atoms. The zero-order valence-electron chi connectivity index (χ0n) is 12.4. The summed E-state index contributed by atoms with van der Waals surface area (Å²) in [6, 6.07) is 0.477. The quantitative estimate of drug-likeness (QED) is 0.885. The van der Waals surface area contributed by atoms with Crippen LogP contribution in [0.5, 0.6) is 0 Å². The van der Waals surface area contributed by atoms with Gasteiger partial charge in [0.15, 0.2) is 0 Å². The van der Waals surface area contributed by atoms with E-state index >= 15 is 0 Å². The monoisotopic (exact) mass is 262 g/mol. The summed E-state index contributed by atoms with van der Waals surface area (Å²) < 4.78 is 0. The highest BCUT2D eigenvalue weighted by atomic mass is 15.2. The van der Waals surface area contributed by atoms with Crippen molar-refractivity contribution in [1.29, 1.82) is 0 Å². The van der Waals surface area contributed by atoms with Crippen molar-refractivity contribution in [2.75, 3.05) is 18.0 Å². The lowest BCUT2D eigenvalue weighted by molar-refractivity contribution is 0.402. The van der Waals surface area contributed by atoms with E-state index in [4.69, 9.17) is 4.98 Å². The van der Waals surface area contributed by atoms with Crippen molar-refractivity contribution in [3.05, 3.63) is 18.1 Å². The van der Waals surface area contributed by atoms with Crippen LogP contribution in [0, 0.1) is 5.92 Å². The lowest BCUT2D eigenvalue weighted by Crippen LogP contribution is -2.36. The molecule has 1 unspecified atom stereocenters. The van der Waals surface area contributed by atoms with Crippen LogP contribution in [0.3, 0.4) is 0 Å². The first kappa shape index (κ1) is 14.3. The van der Waals surface area contributed by atoms with Crippen LogP contribution in [0.2, 0.25) is 0 Å². The molecule has 1 saturated heterocycles. The van der Waals surface area contributed by atoms with Gasteiger partial charge in [-0.05, 0) is 18.8 Å². The van der Waals surface area contributed by atoms with Crippen molar-refractivity contribution in [2.24, 2.45) is 5.92 Å². The SMILES string of the molecule is CCC1CCCN(c2cncc(CNC(C)C)n2)C1. The van der Waals surface area contributed by atoms with Gasteiger partial charge in [0.05, 0.1) is 11.9 Å². The highest BCUT2D eigenvalue weighted by Crippen LogP contribution is 2.23. The molecule has 1 aromatic heterocycles. The topological polar surface area (TPSA) is 41.1 Å². The van der Waals surface area contributed by atoms with Crippen molar-refractivity contribution >= 4 is 5.82 Å². The Kier molecular flexibility index (Phi) is 5.14. The van der Waals surface area contributed by atoms with Crippen LogP contribution in [0.25, 0.3) is 0 Å². The van der Waals surface area contributed by atoms with Gasteiger partial charge in [-0.15, -0.1) is 0 Å². The van der Waals surface area contributed by atoms with E-state index < -0.39 is 0 Å². The minimum Gasteiger partial charge on any atom is -0.355 e. The summed E-state index contributed by atoms with van der Waals surface area (Å²) in [6.07, 6.45) is 7.65. The third-order valence-corrected chi connectivity index (χ3v) is 3.78. The third kappa shape index (κ3) is 4.16. The number of aromatic nitrogens is 2. The van der Waals surface area contributed by atoms with Crippen molar-refractivity contribution in [3.8, 4) is 0 Å². The van der Waals surface area contributed by atoms with Crippen LogP contribution in [0.1, 0.15) is 45.7 Å². The predicted molar refractivity (Wildman–Crippen MR) is 79.2 cm³/mol. The second-order valence-electron chi connectivity index (χ2n) is 5.77.